The molecule has 1 rings (SSSR count). The molecule has 1 aromatic rings. The van der Waals surface area contributed by atoms with Gasteiger partial charge in [0.25, 0.3) is 0 Å². The highest BCUT2D eigenvalue weighted by molar-refractivity contribution is 5.34. The maximum Gasteiger partial charge on any atom is 0.460 e. The third-order valence-electron chi connectivity index (χ3n) is 4.79. The van der Waals surface area contributed by atoms with Gasteiger partial charge in [0.05, 0.1) is 6.42 Å². The van der Waals surface area contributed by atoms with E-state index >= 15 is 0 Å². The SMILES string of the molecule is CCc1ccccc1C(O)(CC(F)(F)C(F)(F)C(F)(F)C(F)(F)C(F)(F)C(F)(F)F)C(F)(F)F. The smallest absolute Gasteiger partial charge is 0.376 e. The first-order valence-electron chi connectivity index (χ1n) is 8.59. The standard InChI is InChI=1S/C17H12F16O/c1-2-8-5-3-4-6-9(8)10(34,16(28,29)30)7-11(18,19)12(20,21)13(22,23)14(24,25)15(26,27)17(31,32)33/h3-6,34H,2,7H2,1H3. The first-order valence-corrected chi connectivity index (χ1v) is 8.59. The average molecular weight is 536 g/mol. The monoisotopic (exact) mass is 536 g/mol. The second-order valence-corrected chi connectivity index (χ2v) is 7.05. The van der Waals surface area contributed by atoms with Crippen LogP contribution < -0.4 is 0 Å². The largest absolute Gasteiger partial charge is 0.460 e. The molecule has 1 aromatic carbocycles. The molecule has 0 fully saturated rings. The van der Waals surface area contributed by atoms with Crippen LogP contribution in [0.4, 0.5) is 70.2 Å². The molecule has 0 saturated heterocycles. The number of aliphatic hydroxyl groups is 1. The lowest BCUT2D eigenvalue weighted by molar-refractivity contribution is -0.443. The summed E-state index contributed by atoms with van der Waals surface area (Å²) in [6, 6.07) is 2.66. The Morgan fingerprint density at radius 3 is 1.38 bits per heavy atom. The fourth-order valence-corrected chi connectivity index (χ4v) is 2.81. The van der Waals surface area contributed by atoms with E-state index in [2.05, 4.69) is 0 Å². The van der Waals surface area contributed by atoms with Gasteiger partial charge in [-0.05, 0) is 17.5 Å². The lowest BCUT2D eigenvalue weighted by Crippen LogP contribution is -2.70. The minimum Gasteiger partial charge on any atom is -0.376 e. The van der Waals surface area contributed by atoms with Gasteiger partial charge in [-0.25, -0.2) is 0 Å². The van der Waals surface area contributed by atoms with Crippen LogP contribution in [0.1, 0.15) is 24.5 Å². The number of aryl methyl sites for hydroxylation is 1. The van der Waals surface area contributed by atoms with E-state index in [-0.39, 0.29) is 6.07 Å². The Bertz CT molecular complexity index is 869. The number of rotatable bonds is 8. The van der Waals surface area contributed by atoms with Gasteiger partial charge in [-0.2, -0.15) is 70.2 Å². The van der Waals surface area contributed by atoms with Crippen molar-refractivity contribution in [3.8, 4) is 0 Å². The summed E-state index contributed by atoms with van der Waals surface area (Å²) in [4.78, 5) is 0. The molecule has 1 nitrogen and oxygen atoms in total. The van der Waals surface area contributed by atoms with E-state index in [1.807, 2.05) is 0 Å². The molecule has 0 saturated carbocycles. The fourth-order valence-electron chi connectivity index (χ4n) is 2.81. The topological polar surface area (TPSA) is 20.2 Å². The second-order valence-electron chi connectivity index (χ2n) is 7.05. The molecule has 0 aliphatic heterocycles. The Balaban J connectivity index is 3.73. The summed E-state index contributed by atoms with van der Waals surface area (Å²) in [6.45, 7) is 1.08. The summed E-state index contributed by atoms with van der Waals surface area (Å²) in [5.74, 6) is -39.6. The highest BCUT2D eigenvalue weighted by atomic mass is 19.4. The van der Waals surface area contributed by atoms with E-state index < -0.39 is 71.5 Å². The average Bonchev–Trinajstić information content (AvgIpc) is 2.65. The maximum absolute atomic E-state index is 14.1. The Morgan fingerprint density at radius 1 is 0.588 bits per heavy atom. The normalized spacial score (nSPS) is 17.0. The van der Waals surface area contributed by atoms with Crippen LogP contribution in [0.15, 0.2) is 24.3 Å². The van der Waals surface area contributed by atoms with E-state index in [1.54, 1.807) is 0 Å². The summed E-state index contributed by atoms with van der Waals surface area (Å²) in [5, 5.41) is 9.89. The van der Waals surface area contributed by atoms with Crippen molar-refractivity contribution in [1.29, 1.82) is 0 Å². The van der Waals surface area contributed by atoms with Crippen LogP contribution in [0.3, 0.4) is 0 Å². The highest BCUT2D eigenvalue weighted by Gasteiger charge is 2.91. The molecule has 1 unspecified atom stereocenters. The van der Waals surface area contributed by atoms with E-state index in [0.717, 1.165) is 19.1 Å². The predicted octanol–water partition coefficient (Wildman–Crippen LogP) is 7.13. The van der Waals surface area contributed by atoms with Gasteiger partial charge in [0.2, 0.25) is 0 Å². The first-order chi connectivity index (χ1) is 14.8. The highest BCUT2D eigenvalue weighted by Crippen LogP contribution is 2.62. The van der Waals surface area contributed by atoms with Gasteiger partial charge in [-0.15, -0.1) is 0 Å². The molecule has 34 heavy (non-hydrogen) atoms. The Hall–Kier alpha value is -1.94. The number of halogens is 16. The van der Waals surface area contributed by atoms with Gasteiger partial charge in [0.1, 0.15) is 0 Å². The van der Waals surface area contributed by atoms with Crippen LogP contribution in [0.5, 0.6) is 0 Å². The molecule has 0 amide bonds. The van der Waals surface area contributed by atoms with Crippen LogP contribution in [0.2, 0.25) is 0 Å². The third kappa shape index (κ3) is 4.27. The van der Waals surface area contributed by atoms with Crippen LogP contribution in [-0.2, 0) is 12.0 Å². The van der Waals surface area contributed by atoms with E-state index in [4.69, 9.17) is 0 Å². The van der Waals surface area contributed by atoms with Crippen molar-refractivity contribution in [2.45, 2.75) is 67.3 Å². The van der Waals surface area contributed by atoms with Crippen LogP contribution in [0.25, 0.3) is 0 Å². The van der Waals surface area contributed by atoms with Gasteiger partial charge in [0, 0.05) is 0 Å². The molecule has 0 bridgehead atoms. The quantitative estimate of drug-likeness (QED) is 0.351. The molecule has 0 aromatic heterocycles. The second kappa shape index (κ2) is 8.33. The van der Waals surface area contributed by atoms with Crippen LogP contribution in [0, 0.1) is 0 Å². The lowest BCUT2D eigenvalue weighted by atomic mass is 9.80. The zero-order valence-corrected chi connectivity index (χ0v) is 16.2. The lowest BCUT2D eigenvalue weighted by Gasteiger charge is -2.42. The van der Waals surface area contributed by atoms with Crippen molar-refractivity contribution in [3.05, 3.63) is 35.4 Å². The molecule has 0 heterocycles. The Morgan fingerprint density at radius 2 is 1.00 bits per heavy atom. The molecule has 0 aliphatic rings. The van der Waals surface area contributed by atoms with Crippen molar-refractivity contribution >= 4 is 0 Å². The van der Waals surface area contributed by atoms with E-state index in [0.29, 0.717) is 6.07 Å². The Labute approximate surface area is 179 Å². The molecule has 0 radical (unpaired) electrons. The van der Waals surface area contributed by atoms with Crippen molar-refractivity contribution in [2.24, 2.45) is 0 Å². The molecule has 1 N–H and O–H groups in total. The van der Waals surface area contributed by atoms with Crippen molar-refractivity contribution < 1.29 is 75.4 Å². The molecule has 198 valence electrons. The minimum atomic E-state index is -8.26. The van der Waals surface area contributed by atoms with Crippen LogP contribution >= 0.6 is 0 Å². The maximum atomic E-state index is 14.1. The van der Waals surface area contributed by atoms with Gasteiger partial charge in [-0.1, -0.05) is 31.2 Å². The zero-order valence-electron chi connectivity index (χ0n) is 16.2. The predicted molar refractivity (Wildman–Crippen MR) is 81.2 cm³/mol. The number of alkyl halides is 16. The van der Waals surface area contributed by atoms with Crippen molar-refractivity contribution in [3.63, 3.8) is 0 Å². The number of benzene rings is 1. The van der Waals surface area contributed by atoms with E-state index in [1.165, 1.54) is 0 Å². The fraction of sp³-hybridized carbons (Fsp3) is 0.647. The van der Waals surface area contributed by atoms with Gasteiger partial charge in [-0.3, -0.25) is 0 Å². The summed E-state index contributed by atoms with van der Waals surface area (Å²) in [5.41, 5.74) is -7.40. The molecule has 17 heteroatoms. The summed E-state index contributed by atoms with van der Waals surface area (Å²) < 4.78 is 212. The van der Waals surface area contributed by atoms with Crippen LogP contribution in [-0.4, -0.2) is 47.1 Å². The minimum absolute atomic E-state index is 0.255. The number of hydrogen-bond acceptors (Lipinski definition) is 1. The van der Waals surface area contributed by atoms with Gasteiger partial charge >= 0.3 is 42.0 Å². The zero-order chi connectivity index (χ0) is 27.4. The molecule has 1 atom stereocenters. The molecule has 0 spiro atoms. The summed E-state index contributed by atoms with van der Waals surface area (Å²) in [6.07, 6.45) is -18.4. The number of hydrogen-bond donors (Lipinski definition) is 1. The molecule has 0 aliphatic carbocycles. The first kappa shape index (κ1) is 30.1. The third-order valence-corrected chi connectivity index (χ3v) is 4.79. The van der Waals surface area contributed by atoms with Gasteiger partial charge in [0.15, 0.2) is 5.60 Å². The molecular formula is C17H12F16O. The Kier molecular flexibility index (Phi) is 7.37. The van der Waals surface area contributed by atoms with Gasteiger partial charge < -0.3 is 5.11 Å². The summed E-state index contributed by atoms with van der Waals surface area (Å²) >= 11 is 0. The van der Waals surface area contributed by atoms with E-state index in [9.17, 15) is 75.4 Å². The molecular weight excluding hydrogens is 524 g/mol. The van der Waals surface area contributed by atoms with Crippen molar-refractivity contribution in [1.82, 2.24) is 0 Å². The summed E-state index contributed by atoms with van der Waals surface area (Å²) in [7, 11) is 0. The van der Waals surface area contributed by atoms with Crippen molar-refractivity contribution in [2.75, 3.05) is 0 Å².